The molecule has 1 aliphatic rings. The summed E-state index contributed by atoms with van der Waals surface area (Å²) in [6.07, 6.45) is 4.85. The Bertz CT molecular complexity index is 1020. The van der Waals surface area contributed by atoms with Crippen molar-refractivity contribution in [3.63, 3.8) is 0 Å². The highest BCUT2D eigenvalue weighted by molar-refractivity contribution is 7.92. The van der Waals surface area contributed by atoms with Crippen LogP contribution in [0.15, 0.2) is 53.4 Å². The number of benzene rings is 2. The molecule has 9 heteroatoms. The number of rotatable bonds is 7. The van der Waals surface area contributed by atoms with Crippen molar-refractivity contribution in [2.45, 2.75) is 37.0 Å². The van der Waals surface area contributed by atoms with Crippen LogP contribution in [-0.2, 0) is 19.6 Å². The van der Waals surface area contributed by atoms with Gasteiger partial charge in [-0.2, -0.15) is 0 Å². The number of hydrogen-bond donors (Lipinski definition) is 3. The highest BCUT2D eigenvalue weighted by Crippen LogP contribution is 2.24. The maximum absolute atomic E-state index is 13.8. The first kappa shape index (κ1) is 21.8. The highest BCUT2D eigenvalue weighted by Gasteiger charge is 2.21. The second-order valence-electron chi connectivity index (χ2n) is 7.21. The first-order valence-corrected chi connectivity index (χ1v) is 11.3. The molecule has 0 heterocycles. The van der Waals surface area contributed by atoms with Crippen LogP contribution in [0.3, 0.4) is 0 Å². The third kappa shape index (κ3) is 5.79. The van der Waals surface area contributed by atoms with E-state index in [1.165, 1.54) is 42.5 Å². The van der Waals surface area contributed by atoms with Crippen LogP contribution in [-0.4, -0.2) is 26.8 Å². The number of carbonyl (C=O) groups is 2. The molecule has 2 aromatic carbocycles. The van der Waals surface area contributed by atoms with E-state index in [9.17, 15) is 22.4 Å². The molecule has 3 N–H and O–H groups in total. The fourth-order valence-electron chi connectivity index (χ4n) is 3.37. The molecular formula is C21H24FN3O4S. The summed E-state index contributed by atoms with van der Waals surface area (Å²) in [6.45, 7) is -0.195. The van der Waals surface area contributed by atoms with Gasteiger partial charge in [-0.05, 0) is 43.2 Å². The van der Waals surface area contributed by atoms with E-state index >= 15 is 0 Å². The molecule has 7 nitrogen and oxygen atoms in total. The van der Waals surface area contributed by atoms with Crippen LogP contribution >= 0.6 is 0 Å². The normalized spacial score (nSPS) is 14.7. The number of anilines is 2. The Hall–Kier alpha value is -2.94. The molecule has 1 aliphatic carbocycles. The van der Waals surface area contributed by atoms with Gasteiger partial charge in [0, 0.05) is 11.6 Å². The third-order valence-electron chi connectivity index (χ3n) is 4.95. The minimum atomic E-state index is -4.05. The van der Waals surface area contributed by atoms with Crippen LogP contribution in [0.25, 0.3) is 0 Å². The lowest BCUT2D eigenvalue weighted by molar-refractivity contribution is -0.128. The zero-order chi connectivity index (χ0) is 21.6. The topological polar surface area (TPSA) is 104 Å². The highest BCUT2D eigenvalue weighted by atomic mass is 32.2. The van der Waals surface area contributed by atoms with E-state index in [0.717, 1.165) is 38.2 Å². The second-order valence-corrected chi connectivity index (χ2v) is 8.90. The molecule has 0 unspecified atom stereocenters. The quantitative estimate of drug-likeness (QED) is 0.623. The lowest BCUT2D eigenvalue weighted by Gasteiger charge is -2.20. The smallest absolute Gasteiger partial charge is 0.262 e. The molecule has 30 heavy (non-hydrogen) atoms. The predicted octanol–water partition coefficient (Wildman–Crippen LogP) is 3.26. The largest absolute Gasteiger partial charge is 0.347 e. The van der Waals surface area contributed by atoms with Gasteiger partial charge in [0.2, 0.25) is 11.8 Å². The Morgan fingerprint density at radius 3 is 2.47 bits per heavy atom. The molecule has 0 aromatic heterocycles. The minimum absolute atomic E-state index is 0.0514. The third-order valence-corrected chi connectivity index (χ3v) is 6.31. The first-order chi connectivity index (χ1) is 14.3. The van der Waals surface area contributed by atoms with Crippen molar-refractivity contribution in [2.75, 3.05) is 16.6 Å². The van der Waals surface area contributed by atoms with Gasteiger partial charge in [0.05, 0.1) is 17.1 Å². The summed E-state index contributed by atoms with van der Waals surface area (Å²) < 4.78 is 41.0. The SMILES string of the molecule is O=C(CNC(=O)C1CCCCC1)Nc1cccc(S(=O)(=O)Nc2ccccc2F)c1. The molecule has 0 bridgehead atoms. The molecule has 0 atom stereocenters. The molecule has 2 amide bonds. The van der Waals surface area contributed by atoms with Gasteiger partial charge in [-0.1, -0.05) is 37.5 Å². The molecule has 1 saturated carbocycles. The zero-order valence-corrected chi connectivity index (χ0v) is 17.2. The average Bonchev–Trinajstić information content (AvgIpc) is 2.74. The van der Waals surface area contributed by atoms with Gasteiger partial charge in [-0.25, -0.2) is 12.8 Å². The van der Waals surface area contributed by atoms with Gasteiger partial charge < -0.3 is 10.6 Å². The molecule has 2 aromatic rings. The summed E-state index contributed by atoms with van der Waals surface area (Å²) in [5.74, 6) is -1.34. The van der Waals surface area contributed by atoms with Crippen LogP contribution in [0.4, 0.5) is 15.8 Å². The first-order valence-electron chi connectivity index (χ1n) is 9.80. The fourth-order valence-corrected chi connectivity index (χ4v) is 4.48. The molecule has 0 radical (unpaired) electrons. The number of sulfonamides is 1. The van der Waals surface area contributed by atoms with Gasteiger partial charge in [0.1, 0.15) is 5.82 Å². The Morgan fingerprint density at radius 1 is 1.00 bits per heavy atom. The lowest BCUT2D eigenvalue weighted by atomic mass is 9.89. The van der Waals surface area contributed by atoms with Gasteiger partial charge in [-0.3, -0.25) is 14.3 Å². The van der Waals surface area contributed by atoms with Gasteiger partial charge in [0.25, 0.3) is 10.0 Å². The van der Waals surface area contributed by atoms with Gasteiger partial charge >= 0.3 is 0 Å². The van der Waals surface area contributed by atoms with E-state index in [-0.39, 0.29) is 34.6 Å². The summed E-state index contributed by atoms with van der Waals surface area (Å²) in [7, 11) is -4.05. The van der Waals surface area contributed by atoms with Crippen LogP contribution in [0, 0.1) is 11.7 Å². The van der Waals surface area contributed by atoms with E-state index in [1.807, 2.05) is 0 Å². The minimum Gasteiger partial charge on any atom is -0.347 e. The number of nitrogens with one attached hydrogen (secondary N) is 3. The van der Waals surface area contributed by atoms with Crippen molar-refractivity contribution in [1.29, 1.82) is 0 Å². The van der Waals surface area contributed by atoms with Crippen molar-refractivity contribution in [2.24, 2.45) is 5.92 Å². The molecule has 0 saturated heterocycles. The van der Waals surface area contributed by atoms with E-state index in [0.29, 0.717) is 0 Å². The maximum atomic E-state index is 13.8. The van der Waals surface area contributed by atoms with Crippen LogP contribution in [0.1, 0.15) is 32.1 Å². The Balaban J connectivity index is 1.60. The average molecular weight is 434 g/mol. The van der Waals surface area contributed by atoms with Crippen molar-refractivity contribution >= 4 is 33.2 Å². The van der Waals surface area contributed by atoms with Crippen LogP contribution in [0.5, 0.6) is 0 Å². The Morgan fingerprint density at radius 2 is 1.73 bits per heavy atom. The molecule has 0 spiro atoms. The van der Waals surface area contributed by atoms with E-state index in [1.54, 1.807) is 0 Å². The molecule has 1 fully saturated rings. The van der Waals surface area contributed by atoms with Crippen molar-refractivity contribution < 1.29 is 22.4 Å². The maximum Gasteiger partial charge on any atom is 0.262 e. The predicted molar refractivity (Wildman–Crippen MR) is 112 cm³/mol. The number of hydrogen-bond acceptors (Lipinski definition) is 4. The number of halogens is 1. The molecule has 160 valence electrons. The summed E-state index contributed by atoms with van der Waals surface area (Å²) in [6, 6.07) is 11.0. The number of carbonyl (C=O) groups excluding carboxylic acids is 2. The van der Waals surface area contributed by atoms with Crippen LogP contribution in [0.2, 0.25) is 0 Å². The van der Waals surface area contributed by atoms with Crippen LogP contribution < -0.4 is 15.4 Å². The summed E-state index contributed by atoms with van der Waals surface area (Å²) in [5, 5.41) is 5.20. The fraction of sp³-hybridized carbons (Fsp3) is 0.333. The second kappa shape index (κ2) is 9.71. The molecule has 3 rings (SSSR count). The summed E-state index contributed by atoms with van der Waals surface area (Å²) >= 11 is 0. The van der Waals surface area contributed by atoms with Gasteiger partial charge in [0.15, 0.2) is 0 Å². The summed E-state index contributed by atoms with van der Waals surface area (Å²) in [4.78, 5) is 24.2. The van der Waals surface area contributed by atoms with E-state index in [4.69, 9.17) is 0 Å². The van der Waals surface area contributed by atoms with Crippen molar-refractivity contribution in [1.82, 2.24) is 5.32 Å². The van der Waals surface area contributed by atoms with Gasteiger partial charge in [-0.15, -0.1) is 0 Å². The molecule has 0 aliphatic heterocycles. The number of para-hydroxylation sites is 1. The Kier molecular flexibility index (Phi) is 7.04. The Labute approximate surface area is 175 Å². The van der Waals surface area contributed by atoms with E-state index in [2.05, 4.69) is 15.4 Å². The standard InChI is InChI=1S/C21H24FN3O4S/c22-18-11-4-5-12-19(18)25-30(28,29)17-10-6-9-16(13-17)24-20(26)14-23-21(27)15-7-2-1-3-8-15/h4-6,9-13,15,25H,1-3,7-8,14H2,(H,23,27)(H,24,26). The lowest BCUT2D eigenvalue weighted by Crippen LogP contribution is -2.37. The summed E-state index contributed by atoms with van der Waals surface area (Å²) in [5.41, 5.74) is 0.0840. The number of amides is 2. The zero-order valence-electron chi connectivity index (χ0n) is 16.4. The monoisotopic (exact) mass is 433 g/mol. The van der Waals surface area contributed by atoms with Crippen molar-refractivity contribution in [3.05, 3.63) is 54.3 Å². The van der Waals surface area contributed by atoms with Crippen molar-refractivity contribution in [3.8, 4) is 0 Å². The van der Waals surface area contributed by atoms with E-state index < -0.39 is 21.7 Å². The molecular weight excluding hydrogens is 409 g/mol.